The Morgan fingerprint density at radius 1 is 0.905 bits per heavy atom. The van der Waals surface area contributed by atoms with Crippen LogP contribution in [-0.2, 0) is 0 Å². The van der Waals surface area contributed by atoms with Crippen molar-refractivity contribution in [2.75, 3.05) is 5.73 Å². The Bertz CT molecular complexity index is 837. The number of halogens is 3. The fourth-order valence-electron chi connectivity index (χ4n) is 1.95. The summed E-state index contributed by atoms with van der Waals surface area (Å²) in [5, 5.41) is 1.89. The lowest BCUT2D eigenvalue weighted by Crippen LogP contribution is -1.94. The summed E-state index contributed by atoms with van der Waals surface area (Å²) >= 11 is 18.0. The van der Waals surface area contributed by atoms with Crippen LogP contribution in [0, 0.1) is 0 Å². The molecule has 0 spiro atoms. The second-order valence-corrected chi connectivity index (χ2v) is 5.57. The minimum absolute atomic E-state index is 0.357. The van der Waals surface area contributed by atoms with E-state index >= 15 is 0 Å². The highest BCUT2D eigenvalue weighted by Gasteiger charge is 2.11. The second-order valence-electron chi connectivity index (χ2n) is 4.35. The first kappa shape index (κ1) is 14.3. The maximum atomic E-state index is 6.12. The van der Waals surface area contributed by atoms with Crippen LogP contribution in [0.2, 0.25) is 15.1 Å². The summed E-state index contributed by atoms with van der Waals surface area (Å²) in [7, 11) is 0. The molecule has 0 aliphatic rings. The molecular weight excluding hydrogens is 331 g/mol. The molecule has 3 aromatic rings. The van der Waals surface area contributed by atoms with Crippen LogP contribution in [-0.4, -0.2) is 4.98 Å². The molecule has 6 heteroatoms. The van der Waals surface area contributed by atoms with Crippen molar-refractivity contribution in [3.63, 3.8) is 0 Å². The minimum Gasteiger partial charge on any atom is -0.454 e. The Morgan fingerprint density at radius 3 is 2.48 bits per heavy atom. The van der Waals surface area contributed by atoms with Crippen LogP contribution in [0.5, 0.6) is 11.5 Å². The van der Waals surface area contributed by atoms with Gasteiger partial charge in [-0.1, -0.05) is 34.8 Å². The van der Waals surface area contributed by atoms with E-state index < -0.39 is 0 Å². The van der Waals surface area contributed by atoms with Crippen molar-refractivity contribution in [2.24, 2.45) is 0 Å². The molecule has 0 fully saturated rings. The van der Waals surface area contributed by atoms with Crippen molar-refractivity contribution >= 4 is 51.4 Å². The number of anilines is 1. The molecule has 0 atom stereocenters. The lowest BCUT2D eigenvalue weighted by atomic mass is 10.1. The summed E-state index contributed by atoms with van der Waals surface area (Å²) < 4.78 is 5.76. The average molecular weight is 340 g/mol. The number of benzene rings is 2. The van der Waals surface area contributed by atoms with Crippen molar-refractivity contribution in [3.05, 3.63) is 57.7 Å². The Kier molecular flexibility index (Phi) is 3.81. The molecule has 106 valence electrons. The van der Waals surface area contributed by atoms with Gasteiger partial charge >= 0.3 is 0 Å². The molecule has 3 nitrogen and oxygen atoms in total. The third-order valence-corrected chi connectivity index (χ3v) is 4.00. The van der Waals surface area contributed by atoms with Crippen LogP contribution < -0.4 is 10.5 Å². The number of nitrogens with two attached hydrogens (primary N) is 1. The van der Waals surface area contributed by atoms with E-state index in [4.69, 9.17) is 45.3 Å². The van der Waals surface area contributed by atoms with Gasteiger partial charge in [-0.3, -0.25) is 4.98 Å². The van der Waals surface area contributed by atoms with E-state index in [1.54, 1.807) is 18.3 Å². The molecule has 1 heterocycles. The summed E-state index contributed by atoms with van der Waals surface area (Å²) in [6, 6.07) is 10.3. The largest absolute Gasteiger partial charge is 0.454 e. The summed E-state index contributed by atoms with van der Waals surface area (Å²) in [6.07, 6.45) is 1.71. The number of hydrogen-bond acceptors (Lipinski definition) is 3. The molecule has 0 bridgehead atoms. The maximum Gasteiger partial charge on any atom is 0.151 e. The van der Waals surface area contributed by atoms with Crippen LogP contribution >= 0.6 is 34.8 Å². The van der Waals surface area contributed by atoms with Gasteiger partial charge < -0.3 is 10.5 Å². The summed E-state index contributed by atoms with van der Waals surface area (Å²) in [5.74, 6) is 0.872. The predicted molar refractivity (Wildman–Crippen MR) is 87.7 cm³/mol. The number of aromatic nitrogens is 1. The van der Waals surface area contributed by atoms with Gasteiger partial charge in [-0.05, 0) is 30.3 Å². The third-order valence-electron chi connectivity index (χ3n) is 2.98. The molecule has 0 unspecified atom stereocenters. The van der Waals surface area contributed by atoms with Gasteiger partial charge in [0.15, 0.2) is 5.75 Å². The Labute approximate surface area is 136 Å². The number of hydrogen-bond donors (Lipinski definition) is 1. The minimum atomic E-state index is 0.357. The molecule has 0 saturated heterocycles. The van der Waals surface area contributed by atoms with Gasteiger partial charge in [0.1, 0.15) is 5.75 Å². The molecule has 0 amide bonds. The number of fused-ring (bicyclic) bond motifs is 1. The lowest BCUT2D eigenvalue weighted by molar-refractivity contribution is 0.486. The van der Waals surface area contributed by atoms with Crippen LogP contribution in [0.4, 0.5) is 5.69 Å². The molecule has 0 aliphatic carbocycles. The number of rotatable bonds is 2. The molecule has 0 radical (unpaired) electrons. The van der Waals surface area contributed by atoms with Crippen molar-refractivity contribution in [1.82, 2.24) is 4.98 Å². The summed E-state index contributed by atoms with van der Waals surface area (Å²) in [5.41, 5.74) is 7.40. The molecule has 1 aromatic heterocycles. The SMILES string of the molecule is Nc1c(Oc2cc(Cl)c(Cl)cc2Cl)ccc2ncccc12. The normalized spacial score (nSPS) is 10.8. The maximum absolute atomic E-state index is 6.12. The Balaban J connectivity index is 2.06. The van der Waals surface area contributed by atoms with Gasteiger partial charge in [0.2, 0.25) is 0 Å². The van der Waals surface area contributed by atoms with E-state index in [9.17, 15) is 0 Å². The fraction of sp³-hybridized carbons (Fsp3) is 0. The molecular formula is C15H9Cl3N2O. The number of ether oxygens (including phenoxy) is 1. The van der Waals surface area contributed by atoms with Gasteiger partial charge in [0.25, 0.3) is 0 Å². The van der Waals surface area contributed by atoms with Crippen molar-refractivity contribution in [2.45, 2.75) is 0 Å². The highest BCUT2D eigenvalue weighted by molar-refractivity contribution is 6.43. The monoisotopic (exact) mass is 338 g/mol. The van der Waals surface area contributed by atoms with Gasteiger partial charge in [-0.15, -0.1) is 0 Å². The van der Waals surface area contributed by atoms with E-state index in [0.717, 1.165) is 10.9 Å². The predicted octanol–water partition coefficient (Wildman–Crippen LogP) is 5.57. The number of nitrogens with zero attached hydrogens (tertiary/aromatic N) is 1. The molecule has 21 heavy (non-hydrogen) atoms. The zero-order valence-electron chi connectivity index (χ0n) is 10.6. The van der Waals surface area contributed by atoms with Crippen LogP contribution in [0.1, 0.15) is 0 Å². The summed E-state index contributed by atoms with van der Waals surface area (Å²) in [4.78, 5) is 4.23. The second kappa shape index (κ2) is 5.60. The Morgan fingerprint density at radius 2 is 1.67 bits per heavy atom. The van der Waals surface area contributed by atoms with Gasteiger partial charge in [0, 0.05) is 17.6 Å². The molecule has 2 aromatic carbocycles. The van der Waals surface area contributed by atoms with E-state index in [1.165, 1.54) is 6.07 Å². The highest BCUT2D eigenvalue weighted by Crippen LogP contribution is 2.39. The van der Waals surface area contributed by atoms with Gasteiger partial charge in [-0.2, -0.15) is 0 Å². The van der Waals surface area contributed by atoms with Gasteiger partial charge in [0.05, 0.1) is 26.3 Å². The standard InChI is InChI=1S/C15H9Cl3N2O/c16-9-6-11(18)14(7-10(9)17)21-13-4-3-12-8(15(13)19)2-1-5-20-12/h1-7H,19H2. The van der Waals surface area contributed by atoms with E-state index in [1.807, 2.05) is 18.2 Å². The number of nitrogen functional groups attached to an aromatic ring is 1. The zero-order chi connectivity index (χ0) is 15.0. The molecule has 0 saturated carbocycles. The third kappa shape index (κ3) is 2.72. The Hall–Kier alpha value is -1.68. The van der Waals surface area contributed by atoms with Crippen molar-refractivity contribution < 1.29 is 4.74 Å². The quantitative estimate of drug-likeness (QED) is 0.490. The van der Waals surface area contributed by atoms with E-state index in [2.05, 4.69) is 4.98 Å². The first-order valence-corrected chi connectivity index (χ1v) is 7.15. The zero-order valence-corrected chi connectivity index (χ0v) is 12.9. The van der Waals surface area contributed by atoms with Crippen LogP contribution in [0.3, 0.4) is 0 Å². The molecule has 3 rings (SSSR count). The van der Waals surface area contributed by atoms with Gasteiger partial charge in [-0.25, -0.2) is 0 Å². The summed E-state index contributed by atoms with van der Waals surface area (Å²) in [6.45, 7) is 0. The number of pyridine rings is 1. The first-order valence-electron chi connectivity index (χ1n) is 6.02. The van der Waals surface area contributed by atoms with Crippen molar-refractivity contribution in [1.29, 1.82) is 0 Å². The lowest BCUT2D eigenvalue weighted by Gasteiger charge is -2.12. The molecule has 0 aliphatic heterocycles. The van der Waals surface area contributed by atoms with Crippen LogP contribution in [0.15, 0.2) is 42.6 Å². The van der Waals surface area contributed by atoms with E-state index in [-0.39, 0.29) is 0 Å². The highest BCUT2D eigenvalue weighted by atomic mass is 35.5. The molecule has 2 N–H and O–H groups in total. The average Bonchev–Trinajstić information content (AvgIpc) is 2.48. The van der Waals surface area contributed by atoms with Crippen molar-refractivity contribution in [3.8, 4) is 11.5 Å². The smallest absolute Gasteiger partial charge is 0.151 e. The van der Waals surface area contributed by atoms with Crippen LogP contribution in [0.25, 0.3) is 10.9 Å². The fourth-order valence-corrected chi connectivity index (χ4v) is 2.52. The van der Waals surface area contributed by atoms with E-state index in [0.29, 0.717) is 32.3 Å². The topological polar surface area (TPSA) is 48.1 Å². The first-order chi connectivity index (χ1) is 10.1.